The highest BCUT2D eigenvalue weighted by atomic mass is 16.5. The topological polar surface area (TPSA) is 79.2 Å². The number of amides is 2. The van der Waals surface area contributed by atoms with E-state index in [9.17, 15) is 9.59 Å². The number of nitrogens with one attached hydrogen (secondary N) is 1. The molecule has 0 saturated carbocycles. The molecule has 0 bridgehead atoms. The fourth-order valence-corrected chi connectivity index (χ4v) is 1.42. The van der Waals surface area contributed by atoms with E-state index < -0.39 is 11.8 Å². The zero-order valence-electron chi connectivity index (χ0n) is 7.61. The molecule has 0 atom stereocenters. The molecule has 74 valence electrons. The number of rotatable bonds is 2. The Balaban J connectivity index is 2.47. The minimum Gasteiger partial charge on any atom is -0.478 e. The highest BCUT2D eigenvalue weighted by Gasteiger charge is 2.29. The maximum absolute atomic E-state index is 11.4. The molecule has 0 fully saturated rings. The Bertz CT molecular complexity index is 488. The summed E-state index contributed by atoms with van der Waals surface area (Å²) in [5, 5.41) is 10.5. The molecule has 1 aromatic carbocycles. The van der Waals surface area contributed by atoms with Gasteiger partial charge in [0.05, 0.1) is 11.1 Å². The molecule has 0 unspecified atom stereocenters. The summed E-state index contributed by atoms with van der Waals surface area (Å²) in [4.78, 5) is 22.6. The molecule has 5 heteroatoms. The van der Waals surface area contributed by atoms with Gasteiger partial charge in [-0.2, -0.15) is 5.26 Å². The van der Waals surface area contributed by atoms with Crippen LogP contribution < -0.4 is 10.1 Å². The van der Waals surface area contributed by atoms with E-state index in [4.69, 9.17) is 10.00 Å². The number of carbonyl (C=O) groups excluding carboxylic acids is 2. The quantitative estimate of drug-likeness (QED) is 0.707. The van der Waals surface area contributed by atoms with Gasteiger partial charge in [-0.15, -0.1) is 0 Å². The van der Waals surface area contributed by atoms with Crippen LogP contribution in [0.1, 0.15) is 20.7 Å². The lowest BCUT2D eigenvalue weighted by Crippen LogP contribution is -2.20. The standard InChI is InChI=1S/C10H6N2O3/c11-4-5-15-7-3-1-2-6-8(7)10(14)12-9(6)13/h1-3H,5H2,(H,12,13,14). The lowest BCUT2D eigenvalue weighted by Gasteiger charge is -2.04. The van der Waals surface area contributed by atoms with Crippen molar-refractivity contribution in [2.75, 3.05) is 6.61 Å². The van der Waals surface area contributed by atoms with Gasteiger partial charge in [0.2, 0.25) is 0 Å². The van der Waals surface area contributed by atoms with Crippen LogP contribution in [0.2, 0.25) is 0 Å². The van der Waals surface area contributed by atoms with Crippen molar-refractivity contribution < 1.29 is 14.3 Å². The van der Waals surface area contributed by atoms with Crippen molar-refractivity contribution in [3.63, 3.8) is 0 Å². The van der Waals surface area contributed by atoms with Gasteiger partial charge in [-0.05, 0) is 12.1 Å². The molecule has 5 nitrogen and oxygen atoms in total. The van der Waals surface area contributed by atoms with Crippen LogP contribution in [0.3, 0.4) is 0 Å². The van der Waals surface area contributed by atoms with Gasteiger partial charge in [0.1, 0.15) is 11.8 Å². The molecule has 2 amide bonds. The van der Waals surface area contributed by atoms with Crippen LogP contribution in [-0.4, -0.2) is 18.4 Å². The van der Waals surface area contributed by atoms with Gasteiger partial charge in [0.25, 0.3) is 11.8 Å². The molecule has 0 spiro atoms. The van der Waals surface area contributed by atoms with E-state index >= 15 is 0 Å². The van der Waals surface area contributed by atoms with Gasteiger partial charge in [-0.3, -0.25) is 14.9 Å². The Labute approximate surface area is 85.3 Å². The molecule has 15 heavy (non-hydrogen) atoms. The van der Waals surface area contributed by atoms with Crippen molar-refractivity contribution in [2.45, 2.75) is 0 Å². The molecule has 1 aromatic rings. The molecule has 1 N–H and O–H groups in total. The second kappa shape index (κ2) is 3.42. The summed E-state index contributed by atoms with van der Waals surface area (Å²) >= 11 is 0. The summed E-state index contributed by atoms with van der Waals surface area (Å²) in [6.45, 7) is -0.155. The van der Waals surface area contributed by atoms with Crippen LogP contribution in [0.15, 0.2) is 18.2 Å². The fraction of sp³-hybridized carbons (Fsp3) is 0.100. The maximum Gasteiger partial charge on any atom is 0.262 e. The molecule has 0 saturated heterocycles. The lowest BCUT2D eigenvalue weighted by atomic mass is 10.1. The predicted octanol–water partition coefficient (Wildman–Crippen LogP) is 0.473. The number of fused-ring (bicyclic) bond motifs is 1. The summed E-state index contributed by atoms with van der Waals surface area (Å²) in [6, 6.07) is 6.48. The van der Waals surface area contributed by atoms with E-state index in [0.717, 1.165) is 0 Å². The fourth-order valence-electron chi connectivity index (χ4n) is 1.42. The maximum atomic E-state index is 11.4. The summed E-state index contributed by atoms with van der Waals surface area (Å²) < 4.78 is 5.04. The number of nitrogens with zero attached hydrogens (tertiary/aromatic N) is 1. The molecule has 1 aliphatic heterocycles. The van der Waals surface area contributed by atoms with Gasteiger partial charge in [0, 0.05) is 0 Å². The predicted molar refractivity (Wildman–Crippen MR) is 49.3 cm³/mol. The van der Waals surface area contributed by atoms with E-state index in [0.29, 0.717) is 0 Å². The lowest BCUT2D eigenvalue weighted by molar-refractivity contribution is 0.0879. The molecule has 0 aromatic heterocycles. The first-order valence-electron chi connectivity index (χ1n) is 4.22. The monoisotopic (exact) mass is 202 g/mol. The summed E-state index contributed by atoms with van der Waals surface area (Å²) in [6.07, 6.45) is 0. The molecule has 0 radical (unpaired) electrons. The zero-order valence-corrected chi connectivity index (χ0v) is 7.61. The van der Waals surface area contributed by atoms with Gasteiger partial charge in [-0.25, -0.2) is 0 Å². The van der Waals surface area contributed by atoms with E-state index in [1.165, 1.54) is 6.07 Å². The minimum atomic E-state index is -0.483. The van der Waals surface area contributed by atoms with Crippen molar-refractivity contribution in [1.82, 2.24) is 5.32 Å². The van der Waals surface area contributed by atoms with Gasteiger partial charge in [-0.1, -0.05) is 6.07 Å². The SMILES string of the molecule is N#CCOc1cccc2c1C(=O)NC2=O. The Hall–Kier alpha value is -2.35. The van der Waals surface area contributed by atoms with E-state index in [-0.39, 0.29) is 23.5 Å². The smallest absolute Gasteiger partial charge is 0.262 e. The number of nitriles is 1. The second-order valence-corrected chi connectivity index (χ2v) is 2.91. The molecule has 2 rings (SSSR count). The first-order valence-corrected chi connectivity index (χ1v) is 4.22. The number of hydrogen-bond acceptors (Lipinski definition) is 4. The van der Waals surface area contributed by atoms with Crippen LogP contribution in [0.4, 0.5) is 0 Å². The average molecular weight is 202 g/mol. The van der Waals surface area contributed by atoms with E-state index in [1.807, 2.05) is 0 Å². The van der Waals surface area contributed by atoms with Crippen LogP contribution in [-0.2, 0) is 0 Å². The molecule has 1 heterocycles. The second-order valence-electron chi connectivity index (χ2n) is 2.91. The molecule has 0 aliphatic carbocycles. The highest BCUT2D eigenvalue weighted by molar-refractivity contribution is 6.22. The number of ether oxygens (including phenoxy) is 1. The first-order chi connectivity index (χ1) is 7.24. The van der Waals surface area contributed by atoms with Crippen LogP contribution in [0.25, 0.3) is 0 Å². The molecular weight excluding hydrogens is 196 g/mol. The third-order valence-electron chi connectivity index (χ3n) is 2.02. The molecule has 1 aliphatic rings. The average Bonchev–Trinajstić information content (AvgIpc) is 2.53. The van der Waals surface area contributed by atoms with Gasteiger partial charge in [0.15, 0.2) is 6.61 Å². The number of imide groups is 1. The normalized spacial score (nSPS) is 13.0. The van der Waals surface area contributed by atoms with Gasteiger partial charge < -0.3 is 4.74 Å². The third-order valence-corrected chi connectivity index (χ3v) is 2.02. The van der Waals surface area contributed by atoms with Crippen LogP contribution >= 0.6 is 0 Å². The van der Waals surface area contributed by atoms with E-state index in [2.05, 4.69) is 5.32 Å². The largest absolute Gasteiger partial charge is 0.478 e. The Morgan fingerprint density at radius 1 is 1.33 bits per heavy atom. The summed E-state index contributed by atoms with van der Waals surface area (Å²) in [7, 11) is 0. The third kappa shape index (κ3) is 1.42. The highest BCUT2D eigenvalue weighted by Crippen LogP contribution is 2.25. The van der Waals surface area contributed by atoms with Crippen LogP contribution in [0.5, 0.6) is 5.75 Å². The Morgan fingerprint density at radius 3 is 2.87 bits per heavy atom. The van der Waals surface area contributed by atoms with Crippen molar-refractivity contribution in [3.05, 3.63) is 29.3 Å². The number of hydrogen-bond donors (Lipinski definition) is 1. The zero-order chi connectivity index (χ0) is 10.8. The van der Waals surface area contributed by atoms with Crippen molar-refractivity contribution in [2.24, 2.45) is 0 Å². The first kappa shape index (κ1) is 9.21. The Morgan fingerprint density at radius 2 is 2.13 bits per heavy atom. The van der Waals surface area contributed by atoms with E-state index in [1.54, 1.807) is 18.2 Å². The minimum absolute atomic E-state index is 0.155. The van der Waals surface area contributed by atoms with Crippen molar-refractivity contribution >= 4 is 11.8 Å². The van der Waals surface area contributed by atoms with Crippen molar-refractivity contribution in [1.29, 1.82) is 5.26 Å². The van der Waals surface area contributed by atoms with Gasteiger partial charge >= 0.3 is 0 Å². The molecular formula is C10H6N2O3. The van der Waals surface area contributed by atoms with Crippen molar-refractivity contribution in [3.8, 4) is 11.8 Å². The Kier molecular flexibility index (Phi) is 2.10. The number of benzene rings is 1. The number of carbonyl (C=O) groups is 2. The summed E-state index contributed by atoms with van der Waals surface area (Å²) in [5.41, 5.74) is 0.494. The van der Waals surface area contributed by atoms with Crippen LogP contribution in [0, 0.1) is 11.3 Å². The summed E-state index contributed by atoms with van der Waals surface area (Å²) in [5.74, 6) is -0.654.